The van der Waals surface area contributed by atoms with E-state index in [1.54, 1.807) is 54.6 Å². The summed E-state index contributed by atoms with van der Waals surface area (Å²) in [5.74, 6) is -0.488. The fourth-order valence-electron chi connectivity index (χ4n) is 4.06. The summed E-state index contributed by atoms with van der Waals surface area (Å²) in [6.07, 6.45) is 0.349. The van der Waals surface area contributed by atoms with E-state index in [0.29, 0.717) is 27.5 Å². The van der Waals surface area contributed by atoms with E-state index >= 15 is 0 Å². The van der Waals surface area contributed by atoms with Gasteiger partial charge in [-0.05, 0) is 42.5 Å². The number of nitrogens with one attached hydrogen (secondary N) is 2. The van der Waals surface area contributed by atoms with Crippen LogP contribution in [-0.2, 0) is 14.6 Å². The van der Waals surface area contributed by atoms with Crippen molar-refractivity contribution in [1.82, 2.24) is 4.90 Å². The molecule has 188 valence electrons. The minimum absolute atomic E-state index is 0.000516. The maximum atomic E-state index is 13.0. The lowest BCUT2D eigenvalue weighted by Gasteiger charge is -2.24. The Balaban J connectivity index is 1.51. The summed E-state index contributed by atoms with van der Waals surface area (Å²) in [6, 6.07) is 16.3. The molecule has 1 aliphatic heterocycles. The van der Waals surface area contributed by atoms with Gasteiger partial charge in [0.15, 0.2) is 9.84 Å². The van der Waals surface area contributed by atoms with E-state index in [1.807, 2.05) is 0 Å². The van der Waals surface area contributed by atoms with E-state index in [4.69, 9.17) is 23.2 Å². The molecule has 36 heavy (non-hydrogen) atoms. The van der Waals surface area contributed by atoms with Crippen LogP contribution in [0.2, 0.25) is 10.0 Å². The molecule has 4 rings (SSSR count). The van der Waals surface area contributed by atoms with Crippen molar-refractivity contribution in [3.05, 3.63) is 76.8 Å². The molecule has 8 nitrogen and oxygen atoms in total. The first-order valence-electron chi connectivity index (χ1n) is 10.9. The van der Waals surface area contributed by atoms with E-state index < -0.39 is 33.9 Å². The van der Waals surface area contributed by atoms with Gasteiger partial charge in [-0.3, -0.25) is 4.79 Å². The number of urea groups is 1. The van der Waals surface area contributed by atoms with Gasteiger partial charge in [0.2, 0.25) is 5.91 Å². The van der Waals surface area contributed by atoms with Gasteiger partial charge in [-0.2, -0.15) is 0 Å². The van der Waals surface area contributed by atoms with E-state index in [9.17, 15) is 23.1 Å². The van der Waals surface area contributed by atoms with E-state index in [2.05, 4.69) is 10.6 Å². The van der Waals surface area contributed by atoms with Gasteiger partial charge in [-0.25, -0.2) is 13.2 Å². The molecule has 0 saturated carbocycles. The normalized spacial score (nSPS) is 17.6. The molecule has 2 atom stereocenters. The molecule has 3 aromatic carbocycles. The number of carbonyl (C=O) groups is 2. The quantitative estimate of drug-likeness (QED) is 0.429. The van der Waals surface area contributed by atoms with Crippen LogP contribution in [-0.4, -0.2) is 55.3 Å². The highest BCUT2D eigenvalue weighted by Crippen LogP contribution is 2.34. The van der Waals surface area contributed by atoms with Crippen LogP contribution >= 0.6 is 23.2 Å². The van der Waals surface area contributed by atoms with Crippen LogP contribution in [0.15, 0.2) is 71.6 Å². The van der Waals surface area contributed by atoms with Crippen molar-refractivity contribution in [1.29, 1.82) is 0 Å². The van der Waals surface area contributed by atoms with Crippen molar-refractivity contribution in [2.75, 3.05) is 23.4 Å². The maximum Gasteiger partial charge on any atom is 0.322 e. The summed E-state index contributed by atoms with van der Waals surface area (Å²) in [4.78, 5) is 27.3. The Morgan fingerprint density at radius 3 is 2.28 bits per heavy atom. The highest BCUT2D eigenvalue weighted by Gasteiger charge is 2.39. The predicted molar refractivity (Wildman–Crippen MR) is 140 cm³/mol. The lowest BCUT2D eigenvalue weighted by molar-refractivity contribution is -0.119. The molecule has 0 aromatic heterocycles. The Kier molecular flexibility index (Phi) is 7.56. The highest BCUT2D eigenvalue weighted by molar-refractivity contribution is 7.90. The van der Waals surface area contributed by atoms with Crippen molar-refractivity contribution in [3.8, 4) is 11.1 Å². The van der Waals surface area contributed by atoms with Crippen molar-refractivity contribution in [2.24, 2.45) is 0 Å². The molecular formula is C25H23Cl2N3O5S. The van der Waals surface area contributed by atoms with Crippen LogP contribution < -0.4 is 10.6 Å². The molecule has 3 N–H and O–H groups in total. The van der Waals surface area contributed by atoms with E-state index in [0.717, 1.165) is 6.26 Å². The summed E-state index contributed by atoms with van der Waals surface area (Å²) in [5, 5.41) is 16.3. The van der Waals surface area contributed by atoms with Gasteiger partial charge in [0.1, 0.15) is 6.04 Å². The topological polar surface area (TPSA) is 116 Å². The van der Waals surface area contributed by atoms with Gasteiger partial charge < -0.3 is 20.6 Å². The Hall–Kier alpha value is -3.11. The molecule has 1 fully saturated rings. The second-order valence-corrected chi connectivity index (χ2v) is 11.3. The summed E-state index contributed by atoms with van der Waals surface area (Å²) >= 11 is 12.3. The lowest BCUT2D eigenvalue weighted by Crippen LogP contribution is -2.45. The zero-order chi connectivity index (χ0) is 26.0. The zero-order valence-electron chi connectivity index (χ0n) is 19.1. The number of hydrogen-bond donors (Lipinski definition) is 3. The first-order chi connectivity index (χ1) is 17.0. The third-order valence-corrected chi connectivity index (χ3v) is 7.47. The molecule has 0 bridgehead atoms. The molecule has 0 spiro atoms. The fraction of sp³-hybridized carbons (Fsp3) is 0.200. The number of β-amino-alcohol motifs (C(OH)–C–C–N with tert-alkyl or cyclic N) is 1. The van der Waals surface area contributed by atoms with Crippen LogP contribution in [0, 0.1) is 0 Å². The number of nitrogens with zero attached hydrogens (tertiary/aromatic N) is 1. The van der Waals surface area contributed by atoms with Gasteiger partial charge in [-0.15, -0.1) is 0 Å². The summed E-state index contributed by atoms with van der Waals surface area (Å²) in [7, 11) is -3.48. The number of benzene rings is 3. The first kappa shape index (κ1) is 26.0. The third kappa shape index (κ3) is 5.82. The number of halogens is 2. The van der Waals surface area contributed by atoms with Crippen LogP contribution in [0.1, 0.15) is 6.42 Å². The van der Waals surface area contributed by atoms with Gasteiger partial charge >= 0.3 is 6.03 Å². The number of aliphatic hydroxyl groups is 1. The standard InChI is InChI=1S/C25H23Cl2N3O5S/c1-36(34,35)23-5-3-2-4-20(23)19-11-10-17(12-21(19)27)28-24(32)22-13-18(31)14-30(22)25(33)29-16-8-6-15(26)7-9-16/h2-12,18,22,31H,13-14H2,1H3,(H,28,32)(H,29,33). The Bertz CT molecular complexity index is 1410. The third-order valence-electron chi connectivity index (χ3n) is 5.75. The second-order valence-electron chi connectivity index (χ2n) is 8.45. The van der Waals surface area contributed by atoms with Crippen LogP contribution in [0.4, 0.5) is 16.2 Å². The number of anilines is 2. The fourth-order valence-corrected chi connectivity index (χ4v) is 5.38. The SMILES string of the molecule is CS(=O)(=O)c1ccccc1-c1ccc(NC(=O)C2CC(O)CN2C(=O)Nc2ccc(Cl)cc2)cc1Cl. The smallest absolute Gasteiger partial charge is 0.322 e. The minimum atomic E-state index is -3.48. The lowest BCUT2D eigenvalue weighted by atomic mass is 10.0. The summed E-state index contributed by atoms with van der Waals surface area (Å²) in [5.41, 5.74) is 1.81. The molecular weight excluding hydrogens is 525 g/mol. The molecule has 2 unspecified atom stereocenters. The number of aliphatic hydroxyl groups excluding tert-OH is 1. The zero-order valence-corrected chi connectivity index (χ0v) is 21.4. The Morgan fingerprint density at radius 1 is 0.944 bits per heavy atom. The highest BCUT2D eigenvalue weighted by atomic mass is 35.5. The molecule has 0 radical (unpaired) electrons. The largest absolute Gasteiger partial charge is 0.391 e. The van der Waals surface area contributed by atoms with Gasteiger partial charge in [0.25, 0.3) is 0 Å². The van der Waals surface area contributed by atoms with Crippen molar-refractivity contribution in [3.63, 3.8) is 0 Å². The number of hydrogen-bond acceptors (Lipinski definition) is 5. The summed E-state index contributed by atoms with van der Waals surface area (Å²) < 4.78 is 24.4. The summed E-state index contributed by atoms with van der Waals surface area (Å²) in [6.45, 7) is -0.000516. The number of carbonyl (C=O) groups excluding carboxylic acids is 2. The average Bonchev–Trinajstić information content (AvgIpc) is 3.22. The molecule has 3 amide bonds. The number of amides is 3. The van der Waals surface area contributed by atoms with E-state index in [-0.39, 0.29) is 22.9 Å². The molecule has 1 saturated heterocycles. The van der Waals surface area contributed by atoms with Crippen LogP contribution in [0.3, 0.4) is 0 Å². The predicted octanol–water partition coefficient (Wildman–Crippen LogP) is 4.67. The van der Waals surface area contributed by atoms with E-state index in [1.165, 1.54) is 17.0 Å². The molecule has 1 heterocycles. The van der Waals surface area contributed by atoms with Gasteiger partial charge in [-0.1, -0.05) is 47.5 Å². The first-order valence-corrected chi connectivity index (χ1v) is 13.6. The molecule has 1 aliphatic rings. The van der Waals surface area contributed by atoms with Crippen molar-refractivity contribution >= 4 is 56.4 Å². The maximum absolute atomic E-state index is 13.0. The number of rotatable bonds is 5. The van der Waals surface area contributed by atoms with Crippen LogP contribution in [0.25, 0.3) is 11.1 Å². The number of likely N-dealkylation sites (tertiary alicyclic amines) is 1. The minimum Gasteiger partial charge on any atom is -0.391 e. The number of sulfone groups is 1. The van der Waals surface area contributed by atoms with Crippen LogP contribution in [0.5, 0.6) is 0 Å². The average molecular weight is 548 g/mol. The van der Waals surface area contributed by atoms with Crippen molar-refractivity contribution < 1.29 is 23.1 Å². The Morgan fingerprint density at radius 2 is 1.61 bits per heavy atom. The van der Waals surface area contributed by atoms with Crippen molar-refractivity contribution in [2.45, 2.75) is 23.5 Å². The van der Waals surface area contributed by atoms with Gasteiger partial charge in [0.05, 0.1) is 16.0 Å². The van der Waals surface area contributed by atoms with Gasteiger partial charge in [0, 0.05) is 46.7 Å². The second kappa shape index (κ2) is 10.5. The molecule has 11 heteroatoms. The monoisotopic (exact) mass is 547 g/mol. The molecule has 3 aromatic rings. The molecule has 0 aliphatic carbocycles. The Labute approximate surface area is 218 Å².